The van der Waals surface area contributed by atoms with Gasteiger partial charge in [0.25, 0.3) is 5.91 Å². The standard InChI is InChI=1S/C19H27N3O3S.ClH/c23-19(21-11-7-16-13-20-14-17(16)8-12-21)15-3-5-18(6-4-15)26(24,25)22-9-1-2-10-22;/h3-6,16-17,20H,1-2,7-14H2;1H/t16-,17+;. The Morgan fingerprint density at radius 2 is 1.48 bits per heavy atom. The highest BCUT2D eigenvalue weighted by atomic mass is 35.5. The summed E-state index contributed by atoms with van der Waals surface area (Å²) in [6.45, 7) is 4.89. The number of likely N-dealkylation sites (tertiary alicyclic amines) is 1. The Kier molecular flexibility index (Phi) is 6.46. The number of hydrogen-bond acceptors (Lipinski definition) is 4. The van der Waals surface area contributed by atoms with E-state index in [9.17, 15) is 13.2 Å². The van der Waals surface area contributed by atoms with Crippen LogP contribution in [0.5, 0.6) is 0 Å². The van der Waals surface area contributed by atoms with Gasteiger partial charge in [0.2, 0.25) is 10.0 Å². The summed E-state index contributed by atoms with van der Waals surface area (Å²) in [5.74, 6) is 1.38. The monoisotopic (exact) mass is 413 g/mol. The number of amides is 1. The van der Waals surface area contributed by atoms with Crippen molar-refractivity contribution >= 4 is 28.3 Å². The number of nitrogens with zero attached hydrogens (tertiary/aromatic N) is 2. The summed E-state index contributed by atoms with van der Waals surface area (Å²) >= 11 is 0. The summed E-state index contributed by atoms with van der Waals surface area (Å²) in [7, 11) is -3.42. The minimum atomic E-state index is -3.42. The molecular formula is C19H28ClN3O3S. The molecule has 3 heterocycles. The van der Waals surface area contributed by atoms with E-state index in [2.05, 4.69) is 5.32 Å². The van der Waals surface area contributed by atoms with E-state index in [1.54, 1.807) is 24.3 Å². The number of carbonyl (C=O) groups is 1. The van der Waals surface area contributed by atoms with Crippen LogP contribution in [0.3, 0.4) is 0 Å². The van der Waals surface area contributed by atoms with Crippen LogP contribution in [-0.2, 0) is 10.0 Å². The predicted molar refractivity (Wildman–Crippen MR) is 107 cm³/mol. The van der Waals surface area contributed by atoms with Gasteiger partial charge < -0.3 is 10.2 Å². The van der Waals surface area contributed by atoms with Crippen molar-refractivity contribution in [1.29, 1.82) is 0 Å². The molecule has 0 saturated carbocycles. The van der Waals surface area contributed by atoms with Gasteiger partial charge in [-0.1, -0.05) is 0 Å². The number of halogens is 1. The quantitative estimate of drug-likeness (QED) is 0.822. The molecule has 3 aliphatic heterocycles. The highest BCUT2D eigenvalue weighted by molar-refractivity contribution is 7.89. The lowest BCUT2D eigenvalue weighted by molar-refractivity contribution is 0.0758. The van der Waals surface area contributed by atoms with Crippen molar-refractivity contribution in [2.45, 2.75) is 30.6 Å². The lowest BCUT2D eigenvalue weighted by Gasteiger charge is -2.21. The summed E-state index contributed by atoms with van der Waals surface area (Å²) in [5, 5.41) is 3.45. The molecule has 1 aromatic carbocycles. The van der Waals surface area contributed by atoms with Crippen LogP contribution in [0.15, 0.2) is 29.2 Å². The summed E-state index contributed by atoms with van der Waals surface area (Å²) < 4.78 is 26.7. The van der Waals surface area contributed by atoms with E-state index >= 15 is 0 Å². The molecule has 2 atom stereocenters. The van der Waals surface area contributed by atoms with Crippen molar-refractivity contribution in [3.05, 3.63) is 29.8 Å². The van der Waals surface area contributed by atoms with Crippen LogP contribution in [0.1, 0.15) is 36.0 Å². The van der Waals surface area contributed by atoms with Gasteiger partial charge >= 0.3 is 0 Å². The average Bonchev–Trinajstić information content (AvgIpc) is 3.31. The Hall–Kier alpha value is -1.15. The van der Waals surface area contributed by atoms with Crippen molar-refractivity contribution in [3.63, 3.8) is 0 Å². The molecule has 0 spiro atoms. The predicted octanol–water partition coefficient (Wildman–Crippen LogP) is 1.96. The molecule has 6 nitrogen and oxygen atoms in total. The van der Waals surface area contributed by atoms with Gasteiger partial charge in [-0.25, -0.2) is 8.42 Å². The van der Waals surface area contributed by atoms with Crippen molar-refractivity contribution in [3.8, 4) is 0 Å². The van der Waals surface area contributed by atoms with Gasteiger partial charge in [-0.05, 0) is 74.9 Å². The zero-order valence-corrected chi connectivity index (χ0v) is 17.1. The van der Waals surface area contributed by atoms with Crippen LogP contribution in [0.2, 0.25) is 0 Å². The number of nitrogens with one attached hydrogen (secondary N) is 1. The average molecular weight is 414 g/mol. The van der Waals surface area contributed by atoms with Gasteiger partial charge in [-0.3, -0.25) is 4.79 Å². The van der Waals surface area contributed by atoms with Crippen molar-refractivity contribution in [1.82, 2.24) is 14.5 Å². The molecule has 3 saturated heterocycles. The number of rotatable bonds is 3. The Balaban J connectivity index is 0.00000210. The molecule has 0 aliphatic carbocycles. The molecule has 0 bridgehead atoms. The number of hydrogen-bond donors (Lipinski definition) is 1. The fourth-order valence-electron chi connectivity index (χ4n) is 4.45. The SMILES string of the molecule is Cl.O=C(c1ccc(S(=O)(=O)N2CCCC2)cc1)N1CC[C@@H]2CNC[C@@H]2CC1. The lowest BCUT2D eigenvalue weighted by Crippen LogP contribution is -2.33. The lowest BCUT2D eigenvalue weighted by atomic mass is 9.92. The van der Waals surface area contributed by atoms with E-state index in [4.69, 9.17) is 0 Å². The first-order valence-corrected chi connectivity index (χ1v) is 11.1. The largest absolute Gasteiger partial charge is 0.339 e. The van der Waals surface area contributed by atoms with Gasteiger partial charge in [-0.2, -0.15) is 4.31 Å². The second kappa shape index (κ2) is 8.47. The van der Waals surface area contributed by atoms with Gasteiger partial charge in [-0.15, -0.1) is 12.4 Å². The highest BCUT2D eigenvalue weighted by Crippen LogP contribution is 2.28. The Morgan fingerprint density at radius 1 is 0.926 bits per heavy atom. The zero-order chi connectivity index (χ0) is 18.1. The Morgan fingerprint density at radius 3 is 2.04 bits per heavy atom. The molecule has 3 fully saturated rings. The Labute approximate surface area is 167 Å². The minimum Gasteiger partial charge on any atom is -0.339 e. The second-order valence-corrected chi connectivity index (χ2v) is 9.62. The molecule has 0 aromatic heterocycles. The van der Waals surface area contributed by atoms with Crippen LogP contribution in [0.25, 0.3) is 0 Å². The summed E-state index contributed by atoms with van der Waals surface area (Å²) in [5.41, 5.74) is 0.579. The van der Waals surface area contributed by atoms with Crippen LogP contribution >= 0.6 is 12.4 Å². The third-order valence-electron chi connectivity index (χ3n) is 6.11. The van der Waals surface area contributed by atoms with Gasteiger partial charge in [0.1, 0.15) is 0 Å². The second-order valence-electron chi connectivity index (χ2n) is 7.68. The summed E-state index contributed by atoms with van der Waals surface area (Å²) in [6.07, 6.45) is 3.93. The fraction of sp³-hybridized carbons (Fsp3) is 0.632. The number of fused-ring (bicyclic) bond motifs is 1. The summed E-state index contributed by atoms with van der Waals surface area (Å²) in [6, 6.07) is 6.49. The number of sulfonamides is 1. The molecule has 4 rings (SSSR count). The van der Waals surface area contributed by atoms with Gasteiger partial charge in [0.15, 0.2) is 0 Å². The summed E-state index contributed by atoms with van der Waals surface area (Å²) in [4.78, 5) is 15.1. The van der Waals surface area contributed by atoms with Crippen molar-refractivity contribution in [2.75, 3.05) is 39.3 Å². The first-order valence-electron chi connectivity index (χ1n) is 9.66. The molecule has 8 heteroatoms. The van der Waals surface area contributed by atoms with E-state index in [0.29, 0.717) is 30.5 Å². The van der Waals surface area contributed by atoms with Crippen LogP contribution in [0.4, 0.5) is 0 Å². The van der Waals surface area contributed by atoms with E-state index in [-0.39, 0.29) is 23.2 Å². The molecule has 27 heavy (non-hydrogen) atoms. The maximum atomic E-state index is 12.8. The minimum absolute atomic E-state index is 0. The maximum Gasteiger partial charge on any atom is 0.253 e. The van der Waals surface area contributed by atoms with E-state index in [1.807, 2.05) is 4.90 Å². The van der Waals surface area contributed by atoms with Crippen LogP contribution in [0, 0.1) is 11.8 Å². The van der Waals surface area contributed by atoms with E-state index in [1.165, 1.54) is 4.31 Å². The Bertz CT molecular complexity index is 749. The smallest absolute Gasteiger partial charge is 0.253 e. The van der Waals surface area contributed by atoms with Crippen LogP contribution in [-0.4, -0.2) is 62.8 Å². The number of benzene rings is 1. The van der Waals surface area contributed by atoms with Gasteiger partial charge in [0.05, 0.1) is 4.90 Å². The van der Waals surface area contributed by atoms with Gasteiger partial charge in [0, 0.05) is 31.7 Å². The van der Waals surface area contributed by atoms with E-state index < -0.39 is 10.0 Å². The molecule has 3 aliphatic rings. The molecule has 1 amide bonds. The molecule has 0 radical (unpaired) electrons. The molecule has 0 unspecified atom stereocenters. The van der Waals surface area contributed by atoms with Crippen molar-refractivity contribution < 1.29 is 13.2 Å². The first-order chi connectivity index (χ1) is 12.6. The maximum absolute atomic E-state index is 12.8. The fourth-order valence-corrected chi connectivity index (χ4v) is 5.97. The van der Waals surface area contributed by atoms with Crippen LogP contribution < -0.4 is 5.32 Å². The number of carbonyl (C=O) groups excluding carboxylic acids is 1. The zero-order valence-electron chi connectivity index (χ0n) is 15.5. The molecule has 150 valence electrons. The highest BCUT2D eigenvalue weighted by Gasteiger charge is 2.32. The molecule has 1 aromatic rings. The van der Waals surface area contributed by atoms with Crippen molar-refractivity contribution in [2.24, 2.45) is 11.8 Å². The third kappa shape index (κ3) is 4.16. The normalized spacial score (nSPS) is 26.3. The first kappa shape index (κ1) is 20.6. The topological polar surface area (TPSA) is 69.7 Å². The van der Waals surface area contributed by atoms with E-state index in [0.717, 1.165) is 51.9 Å². The molecular weight excluding hydrogens is 386 g/mol. The third-order valence-corrected chi connectivity index (χ3v) is 8.02. The molecule has 1 N–H and O–H groups in total.